The maximum Gasteiger partial charge on any atom is 0.569 e. The van der Waals surface area contributed by atoms with Crippen molar-refractivity contribution in [2.75, 3.05) is 0 Å². The van der Waals surface area contributed by atoms with Crippen molar-refractivity contribution >= 4 is 88.5 Å². The van der Waals surface area contributed by atoms with E-state index in [1.807, 2.05) is 255 Å². The molecule has 0 saturated heterocycles. The van der Waals surface area contributed by atoms with Crippen LogP contribution >= 0.6 is 0 Å². The van der Waals surface area contributed by atoms with Crippen LogP contribution in [0.5, 0.6) is 17.2 Å². The maximum atomic E-state index is 9.11. The molecule has 120 heavy (non-hydrogen) atoms. The zero-order valence-electron chi connectivity index (χ0n) is 64.3. The van der Waals surface area contributed by atoms with Crippen LogP contribution in [0.25, 0.3) is 184 Å². The van der Waals surface area contributed by atoms with Gasteiger partial charge in [0.15, 0.2) is 29.1 Å². The normalized spacial score (nSPS) is 11.1. The molecule has 0 aliphatic carbocycles. The summed E-state index contributed by atoms with van der Waals surface area (Å²) in [5, 5.41) is 33.8. The number of hydrogen-bond acceptors (Lipinski definition) is 13. The first-order valence-electron chi connectivity index (χ1n) is 39.0. The lowest BCUT2D eigenvalue weighted by atomic mass is 10.1. The fourth-order valence-corrected chi connectivity index (χ4v) is 15.5. The number of aromatic nitrogens is 10. The van der Waals surface area contributed by atoms with Crippen LogP contribution in [0.1, 0.15) is 0 Å². The van der Waals surface area contributed by atoms with Gasteiger partial charge in [-0.15, -0.1) is 0 Å². The molecule has 19 heteroatoms. The van der Waals surface area contributed by atoms with Gasteiger partial charge in [0, 0.05) is 99.5 Å². The SMILES string of the molecule is O[B]Oc1ccc2c(c1)c1ccccc1n2-c1ccc(-c2cc(-c3ccccc3)nc(-c3ccccc3)n2)cc1.O[B]Oc1ccc2c(c1)c1ccccc1n2-c1ccc(-c2nc(-c3ccccc3)cc(-c3ccccc3)n2)cc1.O[B]Oc1ccc2c(c1)c1ccccc1n2-c1ccc(-c2nc(-c3ccccc3)nc(-c3ccccc3)n2)cc1. The van der Waals surface area contributed by atoms with Crippen LogP contribution in [-0.4, -0.2) is 86.7 Å². The van der Waals surface area contributed by atoms with Gasteiger partial charge in [0.1, 0.15) is 17.2 Å². The average Bonchev–Trinajstić information content (AvgIpc) is 1.60. The van der Waals surface area contributed by atoms with Crippen molar-refractivity contribution in [3.8, 4) is 136 Å². The molecule has 0 aliphatic rings. The number of fused-ring (bicyclic) bond motifs is 9. The van der Waals surface area contributed by atoms with Crippen molar-refractivity contribution in [3.63, 3.8) is 0 Å². The van der Waals surface area contributed by atoms with Crippen LogP contribution in [-0.2, 0) is 0 Å². The van der Waals surface area contributed by atoms with Crippen LogP contribution < -0.4 is 14.0 Å². The molecule has 3 N–H and O–H groups in total. The minimum atomic E-state index is 0.575. The molecule has 16 nitrogen and oxygen atoms in total. The van der Waals surface area contributed by atoms with Gasteiger partial charge in [-0.3, -0.25) is 0 Å². The van der Waals surface area contributed by atoms with Crippen LogP contribution in [0.2, 0.25) is 0 Å². The first-order chi connectivity index (χ1) is 59.3. The van der Waals surface area contributed by atoms with Gasteiger partial charge in [-0.25, -0.2) is 34.9 Å². The van der Waals surface area contributed by atoms with Crippen molar-refractivity contribution in [2.45, 2.75) is 0 Å². The summed E-state index contributed by atoms with van der Waals surface area (Å²) in [4.78, 5) is 34.3. The van der Waals surface area contributed by atoms with Gasteiger partial charge in [0.2, 0.25) is 0 Å². The quantitative estimate of drug-likeness (QED) is 0.0688. The molecule has 15 aromatic carbocycles. The lowest BCUT2D eigenvalue weighted by molar-refractivity contribution is 0.453. The first-order valence-corrected chi connectivity index (χ1v) is 39.0. The smallest absolute Gasteiger partial charge is 0.537 e. The highest BCUT2D eigenvalue weighted by atomic mass is 16.5. The molecule has 0 spiro atoms. The first kappa shape index (κ1) is 74.5. The van der Waals surface area contributed by atoms with Crippen LogP contribution in [0, 0.1) is 0 Å². The van der Waals surface area contributed by atoms with Gasteiger partial charge in [0.05, 0.1) is 55.9 Å². The third-order valence-electron chi connectivity index (χ3n) is 21.1. The van der Waals surface area contributed by atoms with Crippen LogP contribution in [0.3, 0.4) is 0 Å². The second kappa shape index (κ2) is 33.7. The van der Waals surface area contributed by atoms with E-state index in [2.05, 4.69) is 153 Å². The van der Waals surface area contributed by atoms with Crippen molar-refractivity contribution in [1.82, 2.24) is 48.6 Å². The molecule has 567 valence electrons. The highest BCUT2D eigenvalue weighted by Gasteiger charge is 2.21. The molecule has 0 saturated carbocycles. The summed E-state index contributed by atoms with van der Waals surface area (Å²) in [6, 6.07) is 132. The molecule has 0 atom stereocenters. The Bertz CT molecular complexity index is 6380. The Balaban J connectivity index is 0.000000119. The molecule has 21 aromatic rings. The zero-order chi connectivity index (χ0) is 80.7. The summed E-state index contributed by atoms with van der Waals surface area (Å²) in [7, 11) is 2.11. The van der Waals surface area contributed by atoms with E-state index in [1.165, 1.54) is 0 Å². The Hall–Kier alpha value is -15.7. The number of rotatable bonds is 18. The second-order valence-electron chi connectivity index (χ2n) is 28.3. The predicted octanol–water partition coefficient (Wildman–Crippen LogP) is 21.8. The topological polar surface area (TPSA) is 193 Å². The molecule has 0 fully saturated rings. The Morgan fingerprint density at radius 2 is 0.392 bits per heavy atom. The molecular weight excluding hydrogens is 1480 g/mol. The molecule has 0 aliphatic heterocycles. The van der Waals surface area contributed by atoms with E-state index in [1.54, 1.807) is 0 Å². The fraction of sp³-hybridized carbons (Fsp3) is 0. The number of para-hydroxylation sites is 3. The Kier molecular flexibility index (Phi) is 20.9. The molecular formula is C101H68B3N10O6. The monoisotopic (exact) mass is 1550 g/mol. The van der Waals surface area contributed by atoms with Gasteiger partial charge in [0.25, 0.3) is 0 Å². The van der Waals surface area contributed by atoms with Gasteiger partial charge in [-0.1, -0.05) is 249 Å². The summed E-state index contributed by atoms with van der Waals surface area (Å²) in [6.45, 7) is 0. The van der Waals surface area contributed by atoms with Crippen LogP contribution in [0.15, 0.2) is 394 Å². The van der Waals surface area contributed by atoms with Gasteiger partial charge in [-0.05, 0) is 146 Å². The van der Waals surface area contributed by atoms with E-state index in [0.717, 1.165) is 155 Å². The number of hydrogen-bond donors (Lipinski definition) is 3. The standard InChI is InChI=1S/2C34H23BN3O2.C33H22BN4O2/c39-35-40-27-19-20-33-29(21-27)28-13-7-8-14-32(28)38(33)26-17-15-24(16-18-26)31-22-30(23-9-3-1-4-10-23)36-34(37-31)25-11-5-2-6-12-25;39-35-40-27-19-20-33-29(21-27)28-13-7-8-14-32(28)38(33)26-17-15-25(16-18-26)34-36-30(23-9-3-1-4-10-23)22-31(37-34)24-11-5-2-6-12-24;39-34-40-26-19-20-30-28(21-26)27-13-7-8-14-29(27)38(30)25-17-15-24(16-18-25)33-36-31(22-9-3-1-4-10-22)35-32(37-33)23-11-5-2-6-12-23/h2*1-22,39H;1-21,39H. The van der Waals surface area contributed by atoms with Crippen molar-refractivity contribution in [1.29, 1.82) is 0 Å². The van der Waals surface area contributed by atoms with E-state index in [0.29, 0.717) is 69.4 Å². The minimum absolute atomic E-state index is 0.575. The lowest BCUT2D eigenvalue weighted by Gasteiger charge is -2.11. The summed E-state index contributed by atoms with van der Waals surface area (Å²) < 4.78 is 22.4. The summed E-state index contributed by atoms with van der Waals surface area (Å²) >= 11 is 0. The molecule has 6 aromatic heterocycles. The van der Waals surface area contributed by atoms with Crippen molar-refractivity contribution in [2.24, 2.45) is 0 Å². The van der Waals surface area contributed by atoms with E-state index >= 15 is 0 Å². The minimum Gasteiger partial charge on any atom is -0.537 e. The van der Waals surface area contributed by atoms with Crippen molar-refractivity contribution in [3.05, 3.63) is 394 Å². The van der Waals surface area contributed by atoms with Gasteiger partial charge in [-0.2, -0.15) is 0 Å². The molecule has 3 radical (unpaired) electrons. The highest BCUT2D eigenvalue weighted by Crippen LogP contribution is 2.40. The molecule has 6 heterocycles. The maximum absolute atomic E-state index is 9.11. The Labute approximate surface area is 692 Å². The Morgan fingerprint density at radius 3 is 0.658 bits per heavy atom. The van der Waals surface area contributed by atoms with E-state index in [9.17, 15) is 0 Å². The largest absolute Gasteiger partial charge is 0.569 e. The van der Waals surface area contributed by atoms with Gasteiger partial charge >= 0.3 is 23.1 Å². The third-order valence-corrected chi connectivity index (χ3v) is 21.1. The molecule has 0 bridgehead atoms. The third kappa shape index (κ3) is 15.2. The zero-order valence-corrected chi connectivity index (χ0v) is 64.3. The number of benzene rings is 15. The second-order valence-corrected chi connectivity index (χ2v) is 28.3. The molecule has 0 amide bonds. The average molecular weight is 1550 g/mol. The molecule has 0 unspecified atom stereocenters. The highest BCUT2D eigenvalue weighted by molar-refractivity contribution is 6.19. The lowest BCUT2D eigenvalue weighted by Crippen LogP contribution is -2.00. The number of nitrogens with zero attached hydrogens (tertiary/aromatic N) is 10. The predicted molar refractivity (Wildman–Crippen MR) is 482 cm³/mol. The summed E-state index contributed by atoms with van der Waals surface area (Å²) in [5.41, 5.74) is 21.8. The summed E-state index contributed by atoms with van der Waals surface area (Å²) in [6.07, 6.45) is 0. The van der Waals surface area contributed by atoms with E-state index in [-0.39, 0.29) is 0 Å². The Morgan fingerprint density at radius 1 is 0.183 bits per heavy atom. The summed E-state index contributed by atoms with van der Waals surface area (Å²) in [5.74, 6) is 4.99. The molecule has 21 rings (SSSR count). The van der Waals surface area contributed by atoms with Gasteiger partial charge < -0.3 is 42.7 Å². The van der Waals surface area contributed by atoms with Crippen molar-refractivity contribution < 1.29 is 29.0 Å². The fourth-order valence-electron chi connectivity index (χ4n) is 15.5. The van der Waals surface area contributed by atoms with E-state index in [4.69, 9.17) is 63.9 Å². The van der Waals surface area contributed by atoms with Crippen LogP contribution in [0.4, 0.5) is 0 Å². The van der Waals surface area contributed by atoms with E-state index < -0.39 is 0 Å².